The molecular formula is C14H20N4O4. The van der Waals surface area contributed by atoms with Crippen molar-refractivity contribution in [2.24, 2.45) is 0 Å². The van der Waals surface area contributed by atoms with Gasteiger partial charge in [-0.1, -0.05) is 6.92 Å². The van der Waals surface area contributed by atoms with Crippen LogP contribution in [-0.2, 0) is 9.63 Å². The van der Waals surface area contributed by atoms with Crippen molar-refractivity contribution in [3.05, 3.63) is 24.0 Å². The Morgan fingerprint density at radius 1 is 1.64 bits per heavy atom. The van der Waals surface area contributed by atoms with Crippen LogP contribution in [0.15, 0.2) is 18.3 Å². The number of amides is 1. The van der Waals surface area contributed by atoms with E-state index in [1.807, 2.05) is 24.9 Å². The number of carboxylic acids is 1. The van der Waals surface area contributed by atoms with E-state index in [9.17, 15) is 9.59 Å². The molecule has 8 heteroatoms. The molecule has 1 amide bonds. The van der Waals surface area contributed by atoms with E-state index in [1.165, 1.54) is 15.8 Å². The first-order valence-electron chi connectivity index (χ1n) is 7.10. The molecule has 1 aliphatic rings. The second kappa shape index (κ2) is 7.19. The third-order valence-electron chi connectivity index (χ3n) is 3.29. The van der Waals surface area contributed by atoms with Crippen LogP contribution in [0.5, 0.6) is 0 Å². The van der Waals surface area contributed by atoms with Gasteiger partial charge in [0.05, 0.1) is 18.3 Å². The predicted molar refractivity (Wildman–Crippen MR) is 78.9 cm³/mol. The van der Waals surface area contributed by atoms with Gasteiger partial charge >= 0.3 is 5.97 Å². The van der Waals surface area contributed by atoms with E-state index in [2.05, 4.69) is 5.10 Å². The number of likely N-dealkylation sites (N-methyl/N-ethyl adjacent to an activating group) is 1. The summed E-state index contributed by atoms with van der Waals surface area (Å²) in [7, 11) is 1.92. The summed E-state index contributed by atoms with van der Waals surface area (Å²) in [5, 5.41) is 14.3. The van der Waals surface area contributed by atoms with E-state index in [1.54, 1.807) is 6.20 Å². The minimum atomic E-state index is -1.07. The van der Waals surface area contributed by atoms with Crippen molar-refractivity contribution < 1.29 is 19.5 Å². The minimum absolute atomic E-state index is 0.0137. The molecule has 0 radical (unpaired) electrons. The Balaban J connectivity index is 2.21. The molecule has 1 aromatic heterocycles. The molecule has 22 heavy (non-hydrogen) atoms. The molecule has 1 aromatic rings. The maximum atomic E-state index is 11.2. The summed E-state index contributed by atoms with van der Waals surface area (Å²) < 4.78 is 1.52. The molecular weight excluding hydrogens is 288 g/mol. The molecule has 1 N–H and O–H groups in total. The zero-order chi connectivity index (χ0) is 16.1. The van der Waals surface area contributed by atoms with Gasteiger partial charge in [-0.2, -0.15) is 5.10 Å². The van der Waals surface area contributed by atoms with Gasteiger partial charge in [0, 0.05) is 19.3 Å². The number of carboxylic acid groups (broad SMARTS) is 1. The molecule has 0 aromatic carbocycles. The molecule has 2 heterocycles. The summed E-state index contributed by atoms with van der Waals surface area (Å²) >= 11 is 0. The van der Waals surface area contributed by atoms with Crippen molar-refractivity contribution in [3.63, 3.8) is 0 Å². The van der Waals surface area contributed by atoms with Crippen LogP contribution in [0.4, 0.5) is 0 Å². The minimum Gasteiger partial charge on any atom is -0.476 e. The summed E-state index contributed by atoms with van der Waals surface area (Å²) in [5.74, 6) is -1.07. The summed E-state index contributed by atoms with van der Waals surface area (Å²) in [6, 6.07) is 1.20. The first-order chi connectivity index (χ1) is 10.5. The lowest BCUT2D eigenvalue weighted by molar-refractivity contribution is -0.182. The van der Waals surface area contributed by atoms with E-state index in [0.29, 0.717) is 26.1 Å². The molecule has 0 saturated heterocycles. The number of rotatable bonds is 7. The number of carbonyl (C=O) groups is 2. The molecule has 120 valence electrons. The summed E-state index contributed by atoms with van der Waals surface area (Å²) in [4.78, 5) is 29.6. The van der Waals surface area contributed by atoms with Crippen molar-refractivity contribution in [1.82, 2.24) is 19.7 Å². The molecule has 0 fully saturated rings. The Bertz CT molecular complexity index is 569. The first kappa shape index (κ1) is 16.2. The zero-order valence-corrected chi connectivity index (χ0v) is 12.7. The number of carbonyl (C=O) groups excluding carboxylic acids is 1. The Labute approximate surface area is 128 Å². The van der Waals surface area contributed by atoms with Crippen LogP contribution in [0, 0.1) is 0 Å². The van der Waals surface area contributed by atoms with E-state index >= 15 is 0 Å². The zero-order valence-electron chi connectivity index (χ0n) is 12.7. The van der Waals surface area contributed by atoms with Gasteiger partial charge in [0.1, 0.15) is 0 Å². The molecule has 0 bridgehead atoms. The highest BCUT2D eigenvalue weighted by Crippen LogP contribution is 2.17. The van der Waals surface area contributed by atoms with Crippen molar-refractivity contribution in [2.75, 3.05) is 26.7 Å². The highest BCUT2D eigenvalue weighted by molar-refractivity contribution is 5.85. The topological polar surface area (TPSA) is 87.9 Å². The van der Waals surface area contributed by atoms with E-state index in [4.69, 9.17) is 9.94 Å². The third-order valence-corrected chi connectivity index (χ3v) is 3.29. The highest BCUT2D eigenvalue weighted by atomic mass is 16.7. The van der Waals surface area contributed by atoms with Gasteiger partial charge in [0.25, 0.3) is 0 Å². The standard InChI is InChI=1S/C14H20N4O4/c1-3-6-22-18(10-19)12-7-11(8-16(2)9-12)17-5-4-13(15-17)14(20)21/h4-5,7,10,12H,3,6,8-9H2,1-2H3,(H,20,21). The number of hydroxylamine groups is 2. The average molecular weight is 308 g/mol. The monoisotopic (exact) mass is 308 g/mol. The van der Waals surface area contributed by atoms with Crippen LogP contribution < -0.4 is 0 Å². The highest BCUT2D eigenvalue weighted by Gasteiger charge is 2.24. The molecule has 0 aliphatic carbocycles. The molecule has 0 spiro atoms. The Morgan fingerprint density at radius 3 is 3.00 bits per heavy atom. The number of hydrogen-bond acceptors (Lipinski definition) is 5. The van der Waals surface area contributed by atoms with Gasteiger partial charge in [0.15, 0.2) is 5.69 Å². The van der Waals surface area contributed by atoms with Crippen LogP contribution in [0.3, 0.4) is 0 Å². The summed E-state index contributed by atoms with van der Waals surface area (Å²) in [5.41, 5.74) is 0.790. The van der Waals surface area contributed by atoms with Gasteiger partial charge in [-0.25, -0.2) is 14.5 Å². The largest absolute Gasteiger partial charge is 0.476 e. The fourth-order valence-electron chi connectivity index (χ4n) is 2.29. The third kappa shape index (κ3) is 3.71. The maximum Gasteiger partial charge on any atom is 0.356 e. The van der Waals surface area contributed by atoms with Crippen LogP contribution in [0.1, 0.15) is 23.8 Å². The van der Waals surface area contributed by atoms with E-state index in [0.717, 1.165) is 12.1 Å². The fraction of sp³-hybridized carbons (Fsp3) is 0.500. The lowest BCUT2D eigenvalue weighted by atomic mass is 10.1. The van der Waals surface area contributed by atoms with Gasteiger partial charge in [0.2, 0.25) is 6.41 Å². The number of hydrogen-bond donors (Lipinski definition) is 1. The van der Waals surface area contributed by atoms with Gasteiger partial charge in [-0.05, 0) is 25.6 Å². The second-order valence-corrected chi connectivity index (χ2v) is 5.17. The fourth-order valence-corrected chi connectivity index (χ4v) is 2.29. The molecule has 1 atom stereocenters. The van der Waals surface area contributed by atoms with Crippen LogP contribution in [-0.4, -0.2) is 70.0 Å². The lowest BCUT2D eigenvalue weighted by Crippen LogP contribution is -2.45. The van der Waals surface area contributed by atoms with E-state index < -0.39 is 5.97 Å². The summed E-state index contributed by atoms with van der Waals surface area (Å²) in [6.45, 7) is 3.68. The molecule has 8 nitrogen and oxygen atoms in total. The van der Waals surface area contributed by atoms with Crippen LogP contribution in [0.25, 0.3) is 5.70 Å². The number of nitrogens with zero attached hydrogens (tertiary/aromatic N) is 4. The average Bonchev–Trinajstić information content (AvgIpc) is 2.97. The van der Waals surface area contributed by atoms with Crippen molar-refractivity contribution >= 4 is 18.1 Å². The van der Waals surface area contributed by atoms with Gasteiger partial charge in [-0.3, -0.25) is 14.5 Å². The Hall–Kier alpha value is -2.19. The first-order valence-corrected chi connectivity index (χ1v) is 7.10. The Morgan fingerprint density at radius 2 is 2.41 bits per heavy atom. The van der Waals surface area contributed by atoms with Gasteiger partial charge < -0.3 is 5.11 Å². The van der Waals surface area contributed by atoms with Gasteiger partial charge in [-0.15, -0.1) is 0 Å². The molecule has 1 aliphatic heterocycles. The normalized spacial score (nSPS) is 18.8. The Kier molecular flexibility index (Phi) is 5.29. The van der Waals surface area contributed by atoms with Crippen molar-refractivity contribution in [3.8, 4) is 0 Å². The van der Waals surface area contributed by atoms with Crippen LogP contribution in [0.2, 0.25) is 0 Å². The predicted octanol–water partition coefficient (Wildman–Crippen LogP) is 0.536. The van der Waals surface area contributed by atoms with Crippen molar-refractivity contribution in [1.29, 1.82) is 0 Å². The quantitative estimate of drug-likeness (QED) is 0.584. The maximum absolute atomic E-state index is 11.2. The lowest BCUT2D eigenvalue weighted by Gasteiger charge is -2.33. The SMILES string of the molecule is CCCON(C=O)C1C=C(n2ccc(C(=O)O)n2)CN(C)C1. The molecule has 2 rings (SSSR count). The van der Waals surface area contributed by atoms with E-state index in [-0.39, 0.29) is 11.7 Å². The second-order valence-electron chi connectivity index (χ2n) is 5.17. The number of aromatic carboxylic acids is 1. The van der Waals surface area contributed by atoms with Crippen molar-refractivity contribution in [2.45, 2.75) is 19.4 Å². The van der Waals surface area contributed by atoms with Crippen LogP contribution >= 0.6 is 0 Å². The number of aromatic nitrogens is 2. The molecule has 1 unspecified atom stereocenters. The molecule has 0 saturated carbocycles. The summed E-state index contributed by atoms with van der Waals surface area (Å²) in [6.07, 6.45) is 4.95. The smallest absolute Gasteiger partial charge is 0.356 e.